The van der Waals surface area contributed by atoms with Gasteiger partial charge in [-0.3, -0.25) is 4.98 Å². The molecule has 1 aromatic heterocycles. The normalized spacial score (nSPS) is 18.3. The molecule has 0 aromatic carbocycles. The van der Waals surface area contributed by atoms with Crippen molar-refractivity contribution in [2.24, 2.45) is 11.1 Å². The number of sulfonamides is 1. The van der Waals surface area contributed by atoms with E-state index in [9.17, 15) is 8.42 Å². The van der Waals surface area contributed by atoms with E-state index < -0.39 is 10.0 Å². The van der Waals surface area contributed by atoms with E-state index in [1.807, 2.05) is 0 Å². The molecule has 1 aliphatic carbocycles. The fourth-order valence-corrected chi connectivity index (χ4v) is 3.90. The van der Waals surface area contributed by atoms with Crippen LogP contribution in [0.3, 0.4) is 0 Å². The summed E-state index contributed by atoms with van der Waals surface area (Å²) < 4.78 is 27.3. The first kappa shape index (κ1) is 15.4. The SMILES string of the molecule is CCC1(CNS(=O)(=O)c2ccc(CN)nc2)CCCC1. The van der Waals surface area contributed by atoms with Gasteiger partial charge in [-0.15, -0.1) is 0 Å². The minimum absolute atomic E-state index is 0.137. The summed E-state index contributed by atoms with van der Waals surface area (Å²) in [6.45, 7) is 2.97. The number of nitrogens with one attached hydrogen (secondary N) is 1. The predicted octanol–water partition coefficient (Wildman–Crippen LogP) is 1.79. The Morgan fingerprint density at radius 1 is 1.35 bits per heavy atom. The van der Waals surface area contributed by atoms with Gasteiger partial charge in [0.2, 0.25) is 10.0 Å². The lowest BCUT2D eigenvalue weighted by atomic mass is 9.84. The smallest absolute Gasteiger partial charge is 0.242 e. The van der Waals surface area contributed by atoms with Crippen molar-refractivity contribution in [3.8, 4) is 0 Å². The molecule has 3 N–H and O–H groups in total. The molecule has 1 heterocycles. The molecule has 1 aliphatic rings. The maximum atomic E-state index is 12.3. The molecule has 20 heavy (non-hydrogen) atoms. The van der Waals surface area contributed by atoms with E-state index in [1.54, 1.807) is 12.1 Å². The highest BCUT2D eigenvalue weighted by molar-refractivity contribution is 7.89. The van der Waals surface area contributed by atoms with Crippen LogP contribution >= 0.6 is 0 Å². The van der Waals surface area contributed by atoms with Crippen LogP contribution in [0.4, 0.5) is 0 Å². The van der Waals surface area contributed by atoms with E-state index in [2.05, 4.69) is 16.6 Å². The molecule has 1 fully saturated rings. The third-order valence-corrected chi connectivity index (χ3v) is 5.75. The Labute approximate surface area is 121 Å². The lowest BCUT2D eigenvalue weighted by molar-refractivity contribution is 0.285. The summed E-state index contributed by atoms with van der Waals surface area (Å²) >= 11 is 0. The summed E-state index contributed by atoms with van der Waals surface area (Å²) in [5, 5.41) is 0. The summed E-state index contributed by atoms with van der Waals surface area (Å²) in [4.78, 5) is 4.24. The predicted molar refractivity (Wildman–Crippen MR) is 78.5 cm³/mol. The lowest BCUT2D eigenvalue weighted by Gasteiger charge is -2.27. The molecule has 0 atom stereocenters. The number of hydrogen-bond donors (Lipinski definition) is 2. The van der Waals surface area contributed by atoms with E-state index in [0.29, 0.717) is 18.8 Å². The van der Waals surface area contributed by atoms with Crippen LogP contribution in [0.15, 0.2) is 23.2 Å². The van der Waals surface area contributed by atoms with Gasteiger partial charge >= 0.3 is 0 Å². The molecule has 0 unspecified atom stereocenters. The number of hydrogen-bond acceptors (Lipinski definition) is 4. The van der Waals surface area contributed by atoms with E-state index in [0.717, 1.165) is 19.3 Å². The molecule has 0 bridgehead atoms. The maximum Gasteiger partial charge on any atom is 0.242 e. The summed E-state index contributed by atoms with van der Waals surface area (Å²) in [5.41, 5.74) is 6.28. The van der Waals surface area contributed by atoms with Gasteiger partial charge in [-0.25, -0.2) is 13.1 Å². The van der Waals surface area contributed by atoms with Crippen LogP contribution in [0.1, 0.15) is 44.7 Å². The van der Waals surface area contributed by atoms with Crippen molar-refractivity contribution in [2.45, 2.75) is 50.5 Å². The first-order valence-electron chi connectivity index (χ1n) is 7.16. The molecule has 1 saturated carbocycles. The van der Waals surface area contributed by atoms with Crippen molar-refractivity contribution >= 4 is 10.0 Å². The zero-order valence-electron chi connectivity index (χ0n) is 11.9. The zero-order chi connectivity index (χ0) is 14.6. The Kier molecular flexibility index (Phi) is 4.78. The van der Waals surface area contributed by atoms with Gasteiger partial charge in [0, 0.05) is 19.3 Å². The monoisotopic (exact) mass is 297 g/mol. The first-order valence-corrected chi connectivity index (χ1v) is 8.64. The molecule has 0 amide bonds. The van der Waals surface area contributed by atoms with Crippen LogP contribution in [-0.4, -0.2) is 19.9 Å². The average molecular weight is 297 g/mol. The molecule has 6 heteroatoms. The molecule has 0 spiro atoms. The van der Waals surface area contributed by atoms with Crippen molar-refractivity contribution < 1.29 is 8.42 Å². The number of pyridine rings is 1. The van der Waals surface area contributed by atoms with Crippen molar-refractivity contribution in [1.82, 2.24) is 9.71 Å². The number of nitrogens with two attached hydrogens (primary N) is 1. The molecule has 0 saturated heterocycles. The Balaban J connectivity index is 2.06. The van der Waals surface area contributed by atoms with E-state index >= 15 is 0 Å². The van der Waals surface area contributed by atoms with E-state index in [-0.39, 0.29) is 10.3 Å². The summed E-state index contributed by atoms with van der Waals surface area (Å²) in [7, 11) is -3.47. The van der Waals surface area contributed by atoms with Gasteiger partial charge in [-0.2, -0.15) is 0 Å². The minimum atomic E-state index is -3.47. The number of nitrogens with zero attached hydrogens (tertiary/aromatic N) is 1. The Morgan fingerprint density at radius 3 is 2.55 bits per heavy atom. The number of rotatable bonds is 6. The largest absolute Gasteiger partial charge is 0.325 e. The van der Waals surface area contributed by atoms with Crippen molar-refractivity contribution in [3.63, 3.8) is 0 Å². The van der Waals surface area contributed by atoms with Gasteiger partial charge in [0.15, 0.2) is 0 Å². The highest BCUT2D eigenvalue weighted by Gasteiger charge is 2.33. The van der Waals surface area contributed by atoms with Gasteiger partial charge in [0.1, 0.15) is 4.90 Å². The summed E-state index contributed by atoms with van der Waals surface area (Å²) in [5.74, 6) is 0. The van der Waals surface area contributed by atoms with Crippen molar-refractivity contribution in [1.29, 1.82) is 0 Å². The van der Waals surface area contributed by atoms with E-state index in [4.69, 9.17) is 5.73 Å². The summed E-state index contributed by atoms with van der Waals surface area (Å²) in [6.07, 6.45) is 7.00. The van der Waals surface area contributed by atoms with Gasteiger partial charge in [-0.05, 0) is 36.8 Å². The second kappa shape index (κ2) is 6.20. The molecule has 5 nitrogen and oxygen atoms in total. The van der Waals surface area contributed by atoms with Crippen LogP contribution in [0.5, 0.6) is 0 Å². The maximum absolute atomic E-state index is 12.3. The Hall–Kier alpha value is -0.980. The van der Waals surface area contributed by atoms with Gasteiger partial charge in [0.25, 0.3) is 0 Å². The molecular formula is C14H23N3O2S. The van der Waals surface area contributed by atoms with Gasteiger partial charge in [-0.1, -0.05) is 19.8 Å². The van der Waals surface area contributed by atoms with Gasteiger partial charge < -0.3 is 5.73 Å². The second-order valence-corrected chi connectivity index (χ2v) is 7.34. The highest BCUT2D eigenvalue weighted by atomic mass is 32.2. The van der Waals surface area contributed by atoms with Gasteiger partial charge in [0.05, 0.1) is 5.69 Å². The Bertz CT molecular complexity index is 534. The zero-order valence-corrected chi connectivity index (χ0v) is 12.7. The van der Waals surface area contributed by atoms with Crippen LogP contribution in [0.2, 0.25) is 0 Å². The molecular weight excluding hydrogens is 274 g/mol. The lowest BCUT2D eigenvalue weighted by Crippen LogP contribution is -2.35. The molecule has 0 radical (unpaired) electrons. The molecule has 2 rings (SSSR count). The molecule has 112 valence electrons. The third kappa shape index (κ3) is 3.37. The average Bonchev–Trinajstić information content (AvgIpc) is 2.95. The van der Waals surface area contributed by atoms with Crippen LogP contribution in [0, 0.1) is 5.41 Å². The van der Waals surface area contributed by atoms with Crippen molar-refractivity contribution in [2.75, 3.05) is 6.54 Å². The second-order valence-electron chi connectivity index (χ2n) is 5.57. The fraction of sp³-hybridized carbons (Fsp3) is 0.643. The van der Waals surface area contributed by atoms with Crippen molar-refractivity contribution in [3.05, 3.63) is 24.0 Å². The standard InChI is InChI=1S/C14H23N3O2S/c1-2-14(7-3-4-8-14)11-17-20(18,19)13-6-5-12(9-15)16-10-13/h5-6,10,17H,2-4,7-9,11,15H2,1H3. The minimum Gasteiger partial charge on any atom is -0.325 e. The Morgan fingerprint density at radius 2 is 2.05 bits per heavy atom. The quantitative estimate of drug-likeness (QED) is 0.838. The molecule has 1 aromatic rings. The fourth-order valence-electron chi connectivity index (χ4n) is 2.80. The third-order valence-electron chi connectivity index (χ3n) is 4.37. The van der Waals surface area contributed by atoms with E-state index in [1.165, 1.54) is 19.0 Å². The van der Waals surface area contributed by atoms with Crippen LogP contribution < -0.4 is 10.5 Å². The first-order chi connectivity index (χ1) is 9.51. The highest BCUT2D eigenvalue weighted by Crippen LogP contribution is 2.40. The number of aromatic nitrogens is 1. The molecule has 0 aliphatic heterocycles. The van der Waals surface area contributed by atoms with Crippen LogP contribution in [-0.2, 0) is 16.6 Å². The topological polar surface area (TPSA) is 85.1 Å². The summed E-state index contributed by atoms with van der Waals surface area (Å²) in [6, 6.07) is 3.21. The van der Waals surface area contributed by atoms with Crippen LogP contribution in [0.25, 0.3) is 0 Å².